The average molecular weight is 332 g/mol. The number of nitriles is 1. The van der Waals surface area contributed by atoms with Crippen molar-refractivity contribution in [2.75, 3.05) is 11.9 Å². The van der Waals surface area contributed by atoms with E-state index in [0.29, 0.717) is 23.0 Å². The third kappa shape index (κ3) is 3.86. The standard InChI is InChI=1S/C19H16N4S/c20-13-17-6-3-10-21-18(17)23-19(24)22-11-9-14-7-8-15-4-1-2-5-16(15)12-14/h1-8,10,12H,9,11H2,(H2,21,22,23,24). The Labute approximate surface area is 146 Å². The lowest BCUT2D eigenvalue weighted by atomic mass is 10.1. The summed E-state index contributed by atoms with van der Waals surface area (Å²) in [7, 11) is 0. The largest absolute Gasteiger partial charge is 0.362 e. The minimum Gasteiger partial charge on any atom is -0.362 e. The summed E-state index contributed by atoms with van der Waals surface area (Å²) in [6.45, 7) is 0.707. The van der Waals surface area contributed by atoms with E-state index in [4.69, 9.17) is 17.5 Å². The predicted octanol–water partition coefficient (Wildman–Crippen LogP) is 3.64. The number of pyridine rings is 1. The number of thiocarbonyl (C=S) groups is 1. The topological polar surface area (TPSA) is 60.7 Å². The van der Waals surface area contributed by atoms with Crippen LogP contribution in [0, 0.1) is 11.3 Å². The van der Waals surface area contributed by atoms with Crippen LogP contribution in [0.4, 0.5) is 5.82 Å². The first-order valence-corrected chi connectivity index (χ1v) is 8.05. The van der Waals surface area contributed by atoms with Crippen LogP contribution in [0.15, 0.2) is 60.8 Å². The van der Waals surface area contributed by atoms with Crippen molar-refractivity contribution in [3.63, 3.8) is 0 Å². The number of hydrogen-bond acceptors (Lipinski definition) is 3. The Bertz CT molecular complexity index is 914. The van der Waals surface area contributed by atoms with Gasteiger partial charge in [0.2, 0.25) is 0 Å². The molecule has 0 spiro atoms. The minimum atomic E-state index is 0.464. The average Bonchev–Trinajstić information content (AvgIpc) is 2.62. The Balaban J connectivity index is 1.55. The van der Waals surface area contributed by atoms with Crippen LogP contribution in [-0.2, 0) is 6.42 Å². The summed E-state index contributed by atoms with van der Waals surface area (Å²) < 4.78 is 0. The molecule has 118 valence electrons. The van der Waals surface area contributed by atoms with E-state index in [2.05, 4.69) is 52.0 Å². The number of benzene rings is 2. The Morgan fingerprint density at radius 3 is 2.75 bits per heavy atom. The van der Waals surface area contributed by atoms with E-state index in [0.717, 1.165) is 6.42 Å². The molecule has 0 aliphatic heterocycles. The van der Waals surface area contributed by atoms with Crippen LogP contribution < -0.4 is 10.6 Å². The summed E-state index contributed by atoms with van der Waals surface area (Å²) in [6, 6.07) is 20.3. The van der Waals surface area contributed by atoms with E-state index in [1.807, 2.05) is 12.1 Å². The van der Waals surface area contributed by atoms with E-state index in [-0.39, 0.29) is 0 Å². The van der Waals surface area contributed by atoms with E-state index in [9.17, 15) is 0 Å². The van der Waals surface area contributed by atoms with Gasteiger partial charge in [0.05, 0.1) is 5.56 Å². The number of nitrogens with zero attached hydrogens (tertiary/aromatic N) is 2. The van der Waals surface area contributed by atoms with Gasteiger partial charge in [0, 0.05) is 12.7 Å². The van der Waals surface area contributed by atoms with Gasteiger partial charge in [-0.15, -0.1) is 0 Å². The first-order chi connectivity index (χ1) is 11.8. The van der Waals surface area contributed by atoms with Gasteiger partial charge in [0.15, 0.2) is 5.11 Å². The highest BCUT2D eigenvalue weighted by Crippen LogP contribution is 2.15. The highest BCUT2D eigenvalue weighted by Gasteiger charge is 2.04. The van der Waals surface area contributed by atoms with Crippen molar-refractivity contribution in [3.05, 3.63) is 71.9 Å². The van der Waals surface area contributed by atoms with Crippen LogP contribution in [-0.4, -0.2) is 16.6 Å². The van der Waals surface area contributed by atoms with Gasteiger partial charge >= 0.3 is 0 Å². The molecule has 0 radical (unpaired) electrons. The molecule has 1 aromatic heterocycles. The van der Waals surface area contributed by atoms with E-state index in [1.54, 1.807) is 18.3 Å². The number of aromatic nitrogens is 1. The molecule has 0 saturated carbocycles. The maximum absolute atomic E-state index is 9.05. The summed E-state index contributed by atoms with van der Waals surface area (Å²) in [5.74, 6) is 0.475. The summed E-state index contributed by atoms with van der Waals surface area (Å²) in [6.07, 6.45) is 2.49. The SMILES string of the molecule is N#Cc1cccnc1NC(=S)NCCc1ccc2ccccc2c1. The molecule has 0 aliphatic carbocycles. The van der Waals surface area contributed by atoms with Gasteiger partial charge in [0.1, 0.15) is 11.9 Å². The van der Waals surface area contributed by atoms with Gasteiger partial charge in [-0.2, -0.15) is 5.26 Å². The zero-order valence-electron chi connectivity index (χ0n) is 13.0. The molecule has 0 bridgehead atoms. The number of nitrogens with one attached hydrogen (secondary N) is 2. The maximum atomic E-state index is 9.05. The Hall–Kier alpha value is -2.97. The quantitative estimate of drug-likeness (QED) is 0.714. The molecule has 4 nitrogen and oxygen atoms in total. The number of rotatable bonds is 4. The summed E-state index contributed by atoms with van der Waals surface area (Å²) in [4.78, 5) is 4.13. The monoisotopic (exact) mass is 332 g/mol. The van der Waals surface area contributed by atoms with Crippen LogP contribution in [0.25, 0.3) is 10.8 Å². The number of anilines is 1. The lowest BCUT2D eigenvalue weighted by Gasteiger charge is -2.11. The summed E-state index contributed by atoms with van der Waals surface area (Å²) in [5.41, 5.74) is 1.72. The second-order valence-electron chi connectivity index (χ2n) is 5.32. The molecule has 0 unspecified atom stereocenters. The van der Waals surface area contributed by atoms with Crippen molar-refractivity contribution in [1.82, 2.24) is 10.3 Å². The lowest BCUT2D eigenvalue weighted by Crippen LogP contribution is -2.30. The van der Waals surface area contributed by atoms with Crippen LogP contribution >= 0.6 is 12.2 Å². The molecule has 0 atom stereocenters. The molecular formula is C19H16N4S. The van der Waals surface area contributed by atoms with Gasteiger partial charge in [0.25, 0.3) is 0 Å². The number of hydrogen-bond donors (Lipinski definition) is 2. The molecule has 3 aromatic rings. The van der Waals surface area contributed by atoms with E-state index < -0.39 is 0 Å². The van der Waals surface area contributed by atoms with Crippen molar-refractivity contribution < 1.29 is 0 Å². The van der Waals surface area contributed by atoms with Crippen LogP contribution in [0.5, 0.6) is 0 Å². The smallest absolute Gasteiger partial charge is 0.171 e. The van der Waals surface area contributed by atoms with Gasteiger partial charge in [-0.1, -0.05) is 42.5 Å². The molecule has 2 aromatic carbocycles. The van der Waals surface area contributed by atoms with Crippen molar-refractivity contribution in [2.45, 2.75) is 6.42 Å². The second-order valence-corrected chi connectivity index (χ2v) is 5.73. The summed E-state index contributed by atoms with van der Waals surface area (Å²) in [5, 5.41) is 18.1. The zero-order valence-corrected chi connectivity index (χ0v) is 13.8. The van der Waals surface area contributed by atoms with Crippen molar-refractivity contribution >= 4 is 33.9 Å². The van der Waals surface area contributed by atoms with Gasteiger partial charge in [-0.25, -0.2) is 4.98 Å². The third-order valence-corrected chi connectivity index (χ3v) is 3.92. The Morgan fingerprint density at radius 2 is 1.92 bits per heavy atom. The Morgan fingerprint density at radius 1 is 1.08 bits per heavy atom. The molecule has 0 fully saturated rings. The van der Waals surface area contributed by atoms with Crippen LogP contribution in [0.3, 0.4) is 0 Å². The lowest BCUT2D eigenvalue weighted by molar-refractivity contribution is 0.874. The van der Waals surface area contributed by atoms with E-state index in [1.165, 1.54) is 16.3 Å². The molecule has 3 rings (SSSR count). The molecule has 0 saturated heterocycles. The predicted molar refractivity (Wildman–Crippen MR) is 101 cm³/mol. The molecule has 0 amide bonds. The van der Waals surface area contributed by atoms with Gasteiger partial charge < -0.3 is 10.6 Å². The van der Waals surface area contributed by atoms with E-state index >= 15 is 0 Å². The molecule has 1 heterocycles. The van der Waals surface area contributed by atoms with Gasteiger partial charge in [-0.3, -0.25) is 0 Å². The molecule has 24 heavy (non-hydrogen) atoms. The van der Waals surface area contributed by atoms with Gasteiger partial charge in [-0.05, 0) is 47.1 Å². The molecule has 5 heteroatoms. The minimum absolute atomic E-state index is 0.464. The fraction of sp³-hybridized carbons (Fsp3) is 0.105. The van der Waals surface area contributed by atoms with Crippen LogP contribution in [0.2, 0.25) is 0 Å². The first kappa shape index (κ1) is 15.9. The Kier molecular flexibility index (Phi) is 4.99. The third-order valence-electron chi connectivity index (χ3n) is 3.67. The normalized spacial score (nSPS) is 10.1. The first-order valence-electron chi connectivity index (χ1n) is 7.64. The number of fused-ring (bicyclic) bond motifs is 1. The molecule has 2 N–H and O–H groups in total. The highest BCUT2D eigenvalue weighted by molar-refractivity contribution is 7.80. The maximum Gasteiger partial charge on any atom is 0.171 e. The second kappa shape index (κ2) is 7.53. The summed E-state index contributed by atoms with van der Waals surface area (Å²) >= 11 is 5.26. The van der Waals surface area contributed by atoms with Crippen molar-refractivity contribution in [2.24, 2.45) is 0 Å². The fourth-order valence-corrected chi connectivity index (χ4v) is 2.66. The highest BCUT2D eigenvalue weighted by atomic mass is 32.1. The van der Waals surface area contributed by atoms with Crippen molar-refractivity contribution in [3.8, 4) is 6.07 Å². The molecule has 0 aliphatic rings. The fourth-order valence-electron chi connectivity index (χ4n) is 2.46. The zero-order chi connectivity index (χ0) is 16.8. The van der Waals surface area contributed by atoms with Crippen molar-refractivity contribution in [1.29, 1.82) is 5.26 Å². The van der Waals surface area contributed by atoms with Crippen LogP contribution in [0.1, 0.15) is 11.1 Å². The molecular weight excluding hydrogens is 316 g/mol.